The van der Waals surface area contributed by atoms with Crippen LogP contribution in [0.15, 0.2) is 18.2 Å². The molecule has 1 aliphatic carbocycles. The Balaban J connectivity index is 2.11. The van der Waals surface area contributed by atoms with Gasteiger partial charge in [0, 0.05) is 11.5 Å². The van der Waals surface area contributed by atoms with Gasteiger partial charge in [-0.2, -0.15) is 0 Å². The molecule has 2 nitrogen and oxygen atoms in total. The molecule has 92 valence electrons. The lowest BCUT2D eigenvalue weighted by atomic mass is 9.82. The minimum absolute atomic E-state index is 0.157. The van der Waals surface area contributed by atoms with E-state index in [1.54, 1.807) is 0 Å². The lowest BCUT2D eigenvalue weighted by Gasteiger charge is -2.24. The number of hydrogen-bond acceptors (Lipinski definition) is 2. The smallest absolute Gasteiger partial charge is 0.166 e. The number of ketones is 1. The second-order valence-electron chi connectivity index (χ2n) is 4.50. The first-order valence-corrected chi connectivity index (χ1v) is 5.75. The molecule has 1 aromatic carbocycles. The van der Waals surface area contributed by atoms with Gasteiger partial charge < -0.3 is 5.11 Å². The lowest BCUT2D eigenvalue weighted by molar-refractivity contribution is 0.0764. The maximum Gasteiger partial charge on any atom is 0.166 e. The largest absolute Gasteiger partial charge is 0.393 e. The summed E-state index contributed by atoms with van der Waals surface area (Å²) in [5.41, 5.74) is 0.213. The van der Waals surface area contributed by atoms with Crippen molar-refractivity contribution in [3.63, 3.8) is 0 Å². The molecule has 1 fully saturated rings. The maximum atomic E-state index is 13.0. The van der Waals surface area contributed by atoms with E-state index in [-0.39, 0.29) is 23.4 Å². The Kier molecular flexibility index (Phi) is 3.52. The summed E-state index contributed by atoms with van der Waals surface area (Å²) in [4.78, 5) is 12.0. The van der Waals surface area contributed by atoms with Gasteiger partial charge in [-0.25, -0.2) is 8.78 Å². The average Bonchev–Trinajstić information content (AvgIpc) is 2.33. The lowest BCUT2D eigenvalue weighted by Crippen LogP contribution is -2.24. The van der Waals surface area contributed by atoms with Gasteiger partial charge in [0.15, 0.2) is 17.4 Å². The van der Waals surface area contributed by atoms with Crippen molar-refractivity contribution in [3.05, 3.63) is 35.4 Å². The summed E-state index contributed by atoms with van der Waals surface area (Å²) >= 11 is 0. The number of carbonyl (C=O) groups excluding carboxylic acids is 1. The van der Waals surface area contributed by atoms with Crippen LogP contribution in [0.25, 0.3) is 0 Å². The van der Waals surface area contributed by atoms with Crippen LogP contribution in [-0.4, -0.2) is 17.0 Å². The molecule has 2 rings (SSSR count). The monoisotopic (exact) mass is 240 g/mol. The summed E-state index contributed by atoms with van der Waals surface area (Å²) in [6, 6.07) is 3.23. The molecular weight excluding hydrogens is 226 g/mol. The van der Waals surface area contributed by atoms with E-state index in [0.29, 0.717) is 25.7 Å². The molecule has 0 spiro atoms. The highest BCUT2D eigenvalue weighted by Crippen LogP contribution is 2.27. The number of hydrogen-bond donors (Lipinski definition) is 1. The molecule has 17 heavy (non-hydrogen) atoms. The van der Waals surface area contributed by atoms with E-state index in [0.717, 1.165) is 12.1 Å². The van der Waals surface area contributed by atoms with Crippen molar-refractivity contribution in [1.82, 2.24) is 0 Å². The van der Waals surface area contributed by atoms with Crippen molar-refractivity contribution in [2.24, 2.45) is 5.92 Å². The Hall–Kier alpha value is -1.29. The molecule has 0 aliphatic heterocycles. The zero-order valence-electron chi connectivity index (χ0n) is 9.33. The minimum atomic E-state index is -0.994. The molecule has 0 bridgehead atoms. The van der Waals surface area contributed by atoms with Crippen molar-refractivity contribution in [2.75, 3.05) is 0 Å². The number of halogens is 2. The van der Waals surface area contributed by atoms with Gasteiger partial charge in [0.25, 0.3) is 0 Å². The van der Waals surface area contributed by atoms with Crippen LogP contribution in [0.4, 0.5) is 8.78 Å². The van der Waals surface area contributed by atoms with Crippen LogP contribution >= 0.6 is 0 Å². The van der Waals surface area contributed by atoms with Crippen LogP contribution in [0.3, 0.4) is 0 Å². The SMILES string of the molecule is O=C(c1ccc(F)c(F)c1)C1CCC(O)CC1. The van der Waals surface area contributed by atoms with Crippen molar-refractivity contribution in [3.8, 4) is 0 Å². The number of carbonyl (C=O) groups is 1. The zero-order chi connectivity index (χ0) is 12.4. The molecule has 4 heteroatoms. The van der Waals surface area contributed by atoms with Crippen LogP contribution in [0.1, 0.15) is 36.0 Å². The first kappa shape index (κ1) is 12.2. The number of aliphatic hydroxyl groups excluding tert-OH is 1. The number of benzene rings is 1. The molecule has 1 saturated carbocycles. The van der Waals surface area contributed by atoms with Gasteiger partial charge in [-0.3, -0.25) is 4.79 Å². The summed E-state index contributed by atoms with van der Waals surface area (Å²) in [5.74, 6) is -2.27. The Labute approximate surface area is 98.3 Å². The van der Waals surface area contributed by atoms with Gasteiger partial charge in [-0.15, -0.1) is 0 Å². The fourth-order valence-corrected chi connectivity index (χ4v) is 2.22. The molecule has 0 unspecified atom stereocenters. The Morgan fingerprint density at radius 3 is 2.35 bits per heavy atom. The van der Waals surface area contributed by atoms with Gasteiger partial charge in [0.2, 0.25) is 0 Å². The Morgan fingerprint density at radius 1 is 1.12 bits per heavy atom. The van der Waals surface area contributed by atoms with Crippen molar-refractivity contribution in [2.45, 2.75) is 31.8 Å². The summed E-state index contributed by atoms with van der Waals surface area (Å²) < 4.78 is 25.7. The van der Waals surface area contributed by atoms with Crippen molar-refractivity contribution >= 4 is 5.78 Å². The summed E-state index contributed by atoms with van der Waals surface area (Å²) in [6.07, 6.45) is 2.09. The van der Waals surface area contributed by atoms with E-state index in [9.17, 15) is 18.7 Å². The van der Waals surface area contributed by atoms with Gasteiger partial charge in [0.05, 0.1) is 6.10 Å². The molecule has 0 radical (unpaired) electrons. The van der Waals surface area contributed by atoms with E-state index in [1.807, 2.05) is 0 Å². The van der Waals surface area contributed by atoms with Crippen LogP contribution in [0.5, 0.6) is 0 Å². The molecule has 1 aliphatic rings. The van der Waals surface area contributed by atoms with Crippen LogP contribution < -0.4 is 0 Å². The molecule has 0 atom stereocenters. The zero-order valence-corrected chi connectivity index (χ0v) is 9.33. The third-order valence-electron chi connectivity index (χ3n) is 3.27. The molecule has 0 aromatic heterocycles. The quantitative estimate of drug-likeness (QED) is 0.807. The van der Waals surface area contributed by atoms with Crippen molar-refractivity contribution in [1.29, 1.82) is 0 Å². The molecule has 0 amide bonds. The van der Waals surface area contributed by atoms with E-state index in [1.165, 1.54) is 6.07 Å². The fourth-order valence-electron chi connectivity index (χ4n) is 2.22. The summed E-state index contributed by atoms with van der Waals surface area (Å²) in [5, 5.41) is 9.34. The average molecular weight is 240 g/mol. The standard InChI is InChI=1S/C13H14F2O2/c14-11-6-3-9(7-12(11)15)13(17)8-1-4-10(16)5-2-8/h3,6-8,10,16H,1-2,4-5H2. The fraction of sp³-hybridized carbons (Fsp3) is 0.462. The first-order valence-electron chi connectivity index (χ1n) is 5.75. The van der Waals surface area contributed by atoms with Gasteiger partial charge >= 0.3 is 0 Å². The van der Waals surface area contributed by atoms with Crippen LogP contribution in [0, 0.1) is 17.6 Å². The van der Waals surface area contributed by atoms with E-state index in [4.69, 9.17) is 0 Å². The number of Topliss-reactive ketones (excluding diaryl/α,β-unsaturated/α-hetero) is 1. The predicted octanol–water partition coefficient (Wildman–Crippen LogP) is 2.70. The predicted molar refractivity (Wildman–Crippen MR) is 58.7 cm³/mol. The summed E-state index contributed by atoms with van der Waals surface area (Å²) in [6.45, 7) is 0. The highest BCUT2D eigenvalue weighted by atomic mass is 19.2. The summed E-state index contributed by atoms with van der Waals surface area (Å²) in [7, 11) is 0. The van der Waals surface area contributed by atoms with Gasteiger partial charge in [-0.1, -0.05) is 0 Å². The molecular formula is C13H14F2O2. The topological polar surface area (TPSA) is 37.3 Å². The van der Waals surface area contributed by atoms with Gasteiger partial charge in [-0.05, 0) is 43.9 Å². The van der Waals surface area contributed by atoms with E-state index < -0.39 is 11.6 Å². The Morgan fingerprint density at radius 2 is 1.76 bits per heavy atom. The number of aliphatic hydroxyl groups is 1. The third-order valence-corrected chi connectivity index (χ3v) is 3.27. The first-order chi connectivity index (χ1) is 8.08. The van der Waals surface area contributed by atoms with Crippen LogP contribution in [-0.2, 0) is 0 Å². The maximum absolute atomic E-state index is 13.0. The molecule has 1 aromatic rings. The minimum Gasteiger partial charge on any atom is -0.393 e. The van der Waals surface area contributed by atoms with Crippen molar-refractivity contribution < 1.29 is 18.7 Å². The van der Waals surface area contributed by atoms with Gasteiger partial charge in [0.1, 0.15) is 0 Å². The molecule has 0 saturated heterocycles. The normalized spacial score (nSPS) is 24.6. The highest BCUT2D eigenvalue weighted by molar-refractivity contribution is 5.97. The molecule has 0 heterocycles. The second kappa shape index (κ2) is 4.92. The second-order valence-corrected chi connectivity index (χ2v) is 4.50. The van der Waals surface area contributed by atoms with E-state index in [2.05, 4.69) is 0 Å². The van der Waals surface area contributed by atoms with E-state index >= 15 is 0 Å². The third kappa shape index (κ3) is 2.69. The Bertz CT molecular complexity index is 423. The highest BCUT2D eigenvalue weighted by Gasteiger charge is 2.26. The van der Waals surface area contributed by atoms with Crippen LogP contribution in [0.2, 0.25) is 0 Å². The number of rotatable bonds is 2. The molecule has 1 N–H and O–H groups in total.